The van der Waals surface area contributed by atoms with Crippen LogP contribution in [0.5, 0.6) is 0 Å². The number of allylic oxidation sites excluding steroid dienone is 7. The second-order valence-corrected chi connectivity index (χ2v) is 9.15. The number of carbonyl (C=O) groups excluding carboxylic acids is 2. The van der Waals surface area contributed by atoms with Gasteiger partial charge in [-0.25, -0.2) is 9.59 Å². The lowest BCUT2D eigenvalue weighted by Crippen LogP contribution is -2.32. The molecule has 0 saturated heterocycles. The van der Waals surface area contributed by atoms with Crippen molar-refractivity contribution >= 4 is 11.9 Å². The first-order valence-electron chi connectivity index (χ1n) is 11.4. The van der Waals surface area contributed by atoms with E-state index < -0.39 is 0 Å². The van der Waals surface area contributed by atoms with Crippen molar-refractivity contribution in [3.63, 3.8) is 0 Å². The summed E-state index contributed by atoms with van der Waals surface area (Å²) in [5.74, 6) is 7.57. The van der Waals surface area contributed by atoms with Crippen LogP contribution in [0.25, 0.3) is 0 Å². The predicted octanol–water partition coefficient (Wildman–Crippen LogP) is 5.51. The monoisotopic (exact) mass is 430 g/mol. The van der Waals surface area contributed by atoms with Gasteiger partial charge in [0, 0.05) is 29.4 Å². The van der Waals surface area contributed by atoms with Gasteiger partial charge in [-0.15, -0.1) is 0 Å². The van der Waals surface area contributed by atoms with Crippen LogP contribution in [0.15, 0.2) is 70.6 Å². The fraction of sp³-hybridized carbons (Fsp3) is 0.429. The van der Waals surface area contributed by atoms with Crippen LogP contribution in [0.4, 0.5) is 0 Å². The molecular formula is C28H30O4. The Hall–Kier alpha value is -3.06. The minimum atomic E-state index is -0.358. The highest BCUT2D eigenvalue weighted by Crippen LogP contribution is 2.54. The molecule has 0 bridgehead atoms. The summed E-state index contributed by atoms with van der Waals surface area (Å²) in [6.07, 6.45) is 12.2. The lowest BCUT2D eigenvalue weighted by molar-refractivity contribution is -0.138. The van der Waals surface area contributed by atoms with E-state index in [-0.39, 0.29) is 17.9 Å². The summed E-state index contributed by atoms with van der Waals surface area (Å²) in [6, 6.07) is 0. The van der Waals surface area contributed by atoms with Crippen molar-refractivity contribution in [1.82, 2.24) is 0 Å². The molecule has 0 radical (unpaired) electrons. The summed E-state index contributed by atoms with van der Waals surface area (Å²) >= 11 is 0. The van der Waals surface area contributed by atoms with Gasteiger partial charge in [-0.05, 0) is 75.2 Å². The van der Waals surface area contributed by atoms with Crippen LogP contribution in [-0.2, 0) is 19.1 Å². The molecule has 1 saturated carbocycles. The van der Waals surface area contributed by atoms with Crippen LogP contribution in [0.1, 0.15) is 52.4 Å². The Morgan fingerprint density at radius 2 is 1.88 bits per heavy atom. The van der Waals surface area contributed by atoms with Gasteiger partial charge in [0.25, 0.3) is 0 Å². The van der Waals surface area contributed by atoms with Gasteiger partial charge in [-0.2, -0.15) is 0 Å². The van der Waals surface area contributed by atoms with E-state index in [1.54, 1.807) is 13.8 Å². The standard InChI is InChI=1S/C28H30O4/c1-17(2)27(29)31-12-6-5-7-19-13-20-8-10-22-15-24(32-28(30)18(3)4)16-23-11-9-21(14-19)25(20)26(22)23/h13,15-16,19,23,26H,1,3,6,8-12,14H2,2,4H3. The first-order valence-corrected chi connectivity index (χ1v) is 11.4. The molecular weight excluding hydrogens is 400 g/mol. The summed E-state index contributed by atoms with van der Waals surface area (Å²) in [7, 11) is 0. The van der Waals surface area contributed by atoms with Crippen molar-refractivity contribution in [3.05, 3.63) is 70.6 Å². The molecule has 4 aliphatic carbocycles. The maximum atomic E-state index is 12.0. The Kier molecular flexibility index (Phi) is 6.37. The highest BCUT2D eigenvalue weighted by atomic mass is 16.5. The Balaban J connectivity index is 1.44. The van der Waals surface area contributed by atoms with Gasteiger partial charge in [-0.3, -0.25) is 0 Å². The minimum Gasteiger partial charge on any atom is -0.461 e. The van der Waals surface area contributed by atoms with Crippen molar-refractivity contribution in [3.8, 4) is 11.8 Å². The molecule has 4 nitrogen and oxygen atoms in total. The molecule has 0 aromatic carbocycles. The summed E-state index contributed by atoms with van der Waals surface area (Å²) in [5.41, 5.74) is 6.72. The van der Waals surface area contributed by atoms with E-state index in [1.165, 1.54) is 22.3 Å². The summed E-state index contributed by atoms with van der Waals surface area (Å²) in [4.78, 5) is 23.4. The van der Waals surface area contributed by atoms with Gasteiger partial charge >= 0.3 is 11.9 Å². The lowest BCUT2D eigenvalue weighted by Gasteiger charge is -2.44. The third kappa shape index (κ3) is 4.58. The zero-order chi connectivity index (χ0) is 22.8. The Morgan fingerprint density at radius 3 is 2.62 bits per heavy atom. The maximum Gasteiger partial charge on any atom is 0.338 e. The molecule has 1 fully saturated rings. The Labute approximate surface area is 190 Å². The van der Waals surface area contributed by atoms with Crippen LogP contribution in [0.3, 0.4) is 0 Å². The van der Waals surface area contributed by atoms with E-state index in [9.17, 15) is 9.59 Å². The van der Waals surface area contributed by atoms with E-state index in [2.05, 4.69) is 43.2 Å². The van der Waals surface area contributed by atoms with Gasteiger partial charge in [0.05, 0.1) is 0 Å². The fourth-order valence-corrected chi connectivity index (χ4v) is 5.14. The van der Waals surface area contributed by atoms with Crippen molar-refractivity contribution < 1.29 is 19.1 Å². The summed E-state index contributed by atoms with van der Waals surface area (Å²) < 4.78 is 10.7. The van der Waals surface area contributed by atoms with Gasteiger partial charge in [-0.1, -0.05) is 42.2 Å². The normalized spacial score (nSPS) is 25.2. The molecule has 4 heteroatoms. The first kappa shape index (κ1) is 22.1. The summed E-state index contributed by atoms with van der Waals surface area (Å²) in [5, 5.41) is 0. The highest BCUT2D eigenvalue weighted by molar-refractivity contribution is 5.88. The van der Waals surface area contributed by atoms with E-state index >= 15 is 0 Å². The van der Waals surface area contributed by atoms with E-state index in [0.717, 1.165) is 32.1 Å². The molecule has 32 heavy (non-hydrogen) atoms. The molecule has 4 aliphatic rings. The molecule has 0 spiro atoms. The fourth-order valence-electron chi connectivity index (χ4n) is 5.14. The molecule has 0 aromatic rings. The summed E-state index contributed by atoms with van der Waals surface area (Å²) in [6.45, 7) is 10.9. The number of ether oxygens (including phenoxy) is 2. The average Bonchev–Trinajstić information content (AvgIpc) is 2.76. The molecule has 0 heterocycles. The van der Waals surface area contributed by atoms with Crippen molar-refractivity contribution in [2.24, 2.45) is 17.8 Å². The maximum absolute atomic E-state index is 12.0. The molecule has 4 rings (SSSR count). The predicted molar refractivity (Wildman–Crippen MR) is 124 cm³/mol. The van der Waals surface area contributed by atoms with Crippen LogP contribution in [0.2, 0.25) is 0 Å². The third-order valence-electron chi connectivity index (χ3n) is 6.56. The van der Waals surface area contributed by atoms with Crippen molar-refractivity contribution in [2.45, 2.75) is 52.4 Å². The minimum absolute atomic E-state index is 0.230. The largest absolute Gasteiger partial charge is 0.461 e. The molecule has 3 unspecified atom stereocenters. The van der Waals surface area contributed by atoms with Crippen LogP contribution >= 0.6 is 0 Å². The second-order valence-electron chi connectivity index (χ2n) is 9.15. The second kappa shape index (κ2) is 9.20. The number of esters is 2. The van der Waals surface area contributed by atoms with Gasteiger partial charge in [0.1, 0.15) is 12.4 Å². The smallest absolute Gasteiger partial charge is 0.338 e. The quantitative estimate of drug-likeness (QED) is 0.250. The van der Waals surface area contributed by atoms with E-state index in [1.807, 2.05) is 0 Å². The Bertz CT molecular complexity index is 1070. The third-order valence-corrected chi connectivity index (χ3v) is 6.56. The molecule has 166 valence electrons. The number of carbonyl (C=O) groups is 2. The highest BCUT2D eigenvalue weighted by Gasteiger charge is 2.41. The van der Waals surface area contributed by atoms with Gasteiger partial charge < -0.3 is 9.47 Å². The van der Waals surface area contributed by atoms with Gasteiger partial charge in [0.2, 0.25) is 0 Å². The van der Waals surface area contributed by atoms with E-state index in [4.69, 9.17) is 9.47 Å². The molecule has 0 N–H and O–H groups in total. The number of hydrogen-bond acceptors (Lipinski definition) is 4. The molecule has 3 atom stereocenters. The van der Waals surface area contributed by atoms with Crippen LogP contribution in [-0.4, -0.2) is 18.5 Å². The number of rotatable bonds is 5. The zero-order valence-electron chi connectivity index (χ0n) is 19.0. The van der Waals surface area contributed by atoms with Crippen molar-refractivity contribution in [2.75, 3.05) is 6.61 Å². The lowest BCUT2D eigenvalue weighted by atomic mass is 9.60. The number of hydrogen-bond donors (Lipinski definition) is 0. The topological polar surface area (TPSA) is 52.6 Å². The molecule has 0 aromatic heterocycles. The van der Waals surface area contributed by atoms with Gasteiger partial charge in [0.15, 0.2) is 0 Å². The molecule has 0 aliphatic heterocycles. The van der Waals surface area contributed by atoms with Crippen LogP contribution in [0, 0.1) is 29.6 Å². The Morgan fingerprint density at radius 1 is 1.09 bits per heavy atom. The van der Waals surface area contributed by atoms with E-state index in [0.29, 0.717) is 41.8 Å². The zero-order valence-corrected chi connectivity index (χ0v) is 19.0. The van der Waals surface area contributed by atoms with Crippen LogP contribution < -0.4 is 0 Å². The molecule has 0 amide bonds. The first-order chi connectivity index (χ1) is 15.3. The average molecular weight is 431 g/mol. The SMILES string of the molecule is C=C(C)C(=O)OCCC#CC1C=C2CCC3=CC(OC(=O)C(=C)C)=CC4CCC(=C2C34)C1. The van der Waals surface area contributed by atoms with Crippen molar-refractivity contribution in [1.29, 1.82) is 0 Å².